The summed E-state index contributed by atoms with van der Waals surface area (Å²) in [4.78, 5) is 41.9. The van der Waals surface area contributed by atoms with Gasteiger partial charge in [-0.3, -0.25) is 24.3 Å². The van der Waals surface area contributed by atoms with E-state index < -0.39 is 0 Å². The van der Waals surface area contributed by atoms with Gasteiger partial charge in [-0.15, -0.1) is 0 Å². The number of carbonyl (C=O) groups excluding carboxylic acids is 3. The molecule has 1 aliphatic heterocycles. The van der Waals surface area contributed by atoms with Crippen LogP contribution in [0.5, 0.6) is 5.75 Å². The molecule has 0 radical (unpaired) electrons. The molecule has 2 aromatic rings. The van der Waals surface area contributed by atoms with Gasteiger partial charge in [-0.05, 0) is 36.8 Å². The number of ether oxygens (including phenoxy) is 1. The number of benzene rings is 1. The first-order chi connectivity index (χ1) is 13.1. The van der Waals surface area contributed by atoms with Crippen LogP contribution in [0.25, 0.3) is 0 Å². The normalized spacial score (nSPS) is 12.8. The first kappa shape index (κ1) is 18.4. The summed E-state index contributed by atoms with van der Waals surface area (Å²) in [6.07, 6.45) is 3.86. The van der Waals surface area contributed by atoms with E-state index in [-0.39, 0.29) is 30.9 Å². The molecular weight excluding hydrogens is 348 g/mol. The van der Waals surface area contributed by atoms with Crippen LogP contribution in [0, 0.1) is 0 Å². The number of nitrogens with one attached hydrogen (secondary N) is 2. The summed E-state index contributed by atoms with van der Waals surface area (Å²) >= 11 is 0. The zero-order valence-corrected chi connectivity index (χ0v) is 14.9. The minimum absolute atomic E-state index is 0.102. The van der Waals surface area contributed by atoms with Crippen molar-refractivity contribution in [1.82, 2.24) is 10.3 Å². The number of rotatable bonds is 6. The third-order valence-corrected chi connectivity index (χ3v) is 3.96. The van der Waals surface area contributed by atoms with Crippen LogP contribution in [-0.4, -0.2) is 42.4 Å². The van der Waals surface area contributed by atoms with E-state index in [0.29, 0.717) is 29.2 Å². The van der Waals surface area contributed by atoms with E-state index in [1.807, 2.05) is 6.92 Å². The summed E-state index contributed by atoms with van der Waals surface area (Å²) in [6.45, 7) is 2.27. The summed E-state index contributed by atoms with van der Waals surface area (Å²) in [6, 6.07) is 8.28. The van der Waals surface area contributed by atoms with Gasteiger partial charge in [0.1, 0.15) is 12.3 Å². The highest BCUT2D eigenvalue weighted by Crippen LogP contribution is 2.34. The standard InChI is InChI=1S/C19H20N4O4/c1-2-7-21-17(24)11-23-15-9-14(5-6-16(15)27-12-18(23)25)22-19(26)13-4-3-8-20-10-13/h3-6,8-10H,2,7,11-12H2,1H3,(H,21,24)(H,22,26). The second kappa shape index (κ2) is 8.31. The Bertz CT molecular complexity index is 854. The van der Waals surface area contributed by atoms with Crippen LogP contribution in [0.3, 0.4) is 0 Å². The van der Waals surface area contributed by atoms with Gasteiger partial charge in [0.05, 0.1) is 11.3 Å². The first-order valence-corrected chi connectivity index (χ1v) is 8.63. The average Bonchev–Trinajstić information content (AvgIpc) is 2.69. The van der Waals surface area contributed by atoms with Gasteiger partial charge in [-0.1, -0.05) is 6.92 Å². The van der Waals surface area contributed by atoms with Crippen LogP contribution < -0.4 is 20.3 Å². The van der Waals surface area contributed by atoms with Crippen LogP contribution in [0.4, 0.5) is 11.4 Å². The van der Waals surface area contributed by atoms with Crippen LogP contribution in [0.2, 0.25) is 0 Å². The lowest BCUT2D eigenvalue weighted by molar-refractivity contribution is -0.125. The Balaban J connectivity index is 1.79. The Morgan fingerprint density at radius 2 is 2.15 bits per heavy atom. The van der Waals surface area contributed by atoms with Gasteiger partial charge in [0.25, 0.3) is 11.8 Å². The molecule has 0 unspecified atom stereocenters. The fourth-order valence-corrected chi connectivity index (χ4v) is 2.62. The Kier molecular flexibility index (Phi) is 5.65. The Morgan fingerprint density at radius 1 is 1.30 bits per heavy atom. The average molecular weight is 368 g/mol. The van der Waals surface area contributed by atoms with Gasteiger partial charge >= 0.3 is 0 Å². The molecule has 0 saturated carbocycles. The third-order valence-electron chi connectivity index (χ3n) is 3.96. The van der Waals surface area contributed by atoms with E-state index in [1.165, 1.54) is 11.1 Å². The van der Waals surface area contributed by atoms with Crippen molar-refractivity contribution in [2.24, 2.45) is 0 Å². The number of hydrogen-bond acceptors (Lipinski definition) is 5. The number of nitrogens with zero attached hydrogens (tertiary/aromatic N) is 2. The van der Waals surface area contributed by atoms with Gasteiger partial charge in [-0.25, -0.2) is 0 Å². The predicted molar refractivity (Wildman–Crippen MR) is 99.8 cm³/mol. The van der Waals surface area contributed by atoms with Gasteiger partial charge in [0, 0.05) is 24.6 Å². The van der Waals surface area contributed by atoms with Crippen LogP contribution in [0.15, 0.2) is 42.7 Å². The molecule has 2 heterocycles. The predicted octanol–water partition coefficient (Wildman–Crippen LogP) is 1.59. The molecule has 2 N–H and O–H groups in total. The number of hydrogen-bond donors (Lipinski definition) is 2. The van der Waals surface area contributed by atoms with Crippen LogP contribution in [-0.2, 0) is 9.59 Å². The number of fused-ring (bicyclic) bond motifs is 1. The molecule has 140 valence electrons. The van der Waals surface area contributed by atoms with Crippen molar-refractivity contribution < 1.29 is 19.1 Å². The fraction of sp³-hybridized carbons (Fsp3) is 0.263. The topological polar surface area (TPSA) is 101 Å². The summed E-state index contributed by atoms with van der Waals surface area (Å²) < 4.78 is 5.43. The number of anilines is 2. The second-order valence-electron chi connectivity index (χ2n) is 6.00. The molecule has 0 saturated heterocycles. The smallest absolute Gasteiger partial charge is 0.265 e. The Morgan fingerprint density at radius 3 is 2.89 bits per heavy atom. The van der Waals surface area contributed by atoms with Crippen LogP contribution in [0.1, 0.15) is 23.7 Å². The van der Waals surface area contributed by atoms with Crippen molar-refractivity contribution in [1.29, 1.82) is 0 Å². The fourth-order valence-electron chi connectivity index (χ4n) is 2.62. The molecule has 0 spiro atoms. The molecule has 27 heavy (non-hydrogen) atoms. The quantitative estimate of drug-likeness (QED) is 0.806. The lowest BCUT2D eigenvalue weighted by Gasteiger charge is -2.29. The number of pyridine rings is 1. The molecule has 1 aromatic heterocycles. The van der Waals surface area contributed by atoms with E-state index >= 15 is 0 Å². The number of aromatic nitrogens is 1. The van der Waals surface area contributed by atoms with Crippen molar-refractivity contribution in [2.45, 2.75) is 13.3 Å². The molecule has 0 fully saturated rings. The summed E-state index contributed by atoms with van der Waals surface area (Å²) in [5.74, 6) is -0.400. The second-order valence-corrected chi connectivity index (χ2v) is 6.00. The van der Waals surface area contributed by atoms with E-state index in [4.69, 9.17) is 4.74 Å². The maximum atomic E-state index is 12.3. The largest absolute Gasteiger partial charge is 0.482 e. The molecule has 0 aliphatic carbocycles. The van der Waals surface area contributed by atoms with Crippen molar-refractivity contribution in [3.8, 4) is 5.75 Å². The Hall–Kier alpha value is -3.42. The first-order valence-electron chi connectivity index (χ1n) is 8.63. The molecular formula is C19H20N4O4. The molecule has 8 nitrogen and oxygen atoms in total. The van der Waals surface area contributed by atoms with E-state index in [2.05, 4.69) is 15.6 Å². The minimum atomic E-state index is -0.321. The van der Waals surface area contributed by atoms with Gasteiger partial charge < -0.3 is 15.4 Å². The third kappa shape index (κ3) is 4.41. The molecule has 1 aliphatic rings. The Labute approximate surface area is 156 Å². The maximum absolute atomic E-state index is 12.3. The molecule has 3 rings (SSSR count). The van der Waals surface area contributed by atoms with Gasteiger partial charge in [0.15, 0.2) is 6.61 Å². The lowest BCUT2D eigenvalue weighted by Crippen LogP contribution is -2.45. The SMILES string of the molecule is CCCNC(=O)CN1C(=O)COc2ccc(NC(=O)c3cccnc3)cc21. The van der Waals surface area contributed by atoms with Crippen molar-refractivity contribution in [3.05, 3.63) is 48.3 Å². The monoisotopic (exact) mass is 368 g/mol. The zero-order valence-electron chi connectivity index (χ0n) is 14.9. The number of carbonyl (C=O) groups is 3. The highest BCUT2D eigenvalue weighted by molar-refractivity contribution is 6.06. The summed E-state index contributed by atoms with van der Waals surface area (Å²) in [7, 11) is 0. The summed E-state index contributed by atoms with van der Waals surface area (Å²) in [5, 5.41) is 5.51. The highest BCUT2D eigenvalue weighted by Gasteiger charge is 2.27. The molecule has 1 aromatic carbocycles. The molecule has 3 amide bonds. The van der Waals surface area contributed by atoms with Crippen molar-refractivity contribution in [3.63, 3.8) is 0 Å². The van der Waals surface area contributed by atoms with Crippen LogP contribution >= 0.6 is 0 Å². The van der Waals surface area contributed by atoms with E-state index in [0.717, 1.165) is 6.42 Å². The van der Waals surface area contributed by atoms with Crippen molar-refractivity contribution in [2.75, 3.05) is 29.9 Å². The zero-order chi connectivity index (χ0) is 19.2. The maximum Gasteiger partial charge on any atom is 0.265 e. The summed E-state index contributed by atoms with van der Waals surface area (Å²) in [5.41, 5.74) is 1.35. The minimum Gasteiger partial charge on any atom is -0.482 e. The highest BCUT2D eigenvalue weighted by atomic mass is 16.5. The van der Waals surface area contributed by atoms with E-state index in [1.54, 1.807) is 36.5 Å². The molecule has 8 heteroatoms. The molecule has 0 atom stereocenters. The van der Waals surface area contributed by atoms with E-state index in [9.17, 15) is 14.4 Å². The number of amides is 3. The lowest BCUT2D eigenvalue weighted by atomic mass is 10.2. The van der Waals surface area contributed by atoms with Gasteiger partial charge in [0.2, 0.25) is 5.91 Å². The van der Waals surface area contributed by atoms with Crippen molar-refractivity contribution >= 4 is 29.1 Å². The van der Waals surface area contributed by atoms with Gasteiger partial charge in [-0.2, -0.15) is 0 Å². The molecule has 0 bridgehead atoms.